The van der Waals surface area contributed by atoms with Gasteiger partial charge in [-0.15, -0.1) is 10.2 Å². The van der Waals surface area contributed by atoms with Crippen LogP contribution in [0.2, 0.25) is 0 Å². The maximum atomic E-state index is 4.84. The van der Waals surface area contributed by atoms with Gasteiger partial charge in [0.15, 0.2) is 11.8 Å². The molecule has 0 saturated carbocycles. The van der Waals surface area contributed by atoms with Gasteiger partial charge in [0.25, 0.3) is 0 Å². The SMILES string of the molecule is CN=C(NCc1nnc2n1CCC2)N(C)Cc1ccon1. The van der Waals surface area contributed by atoms with Crippen molar-refractivity contribution in [2.45, 2.75) is 32.5 Å². The van der Waals surface area contributed by atoms with E-state index in [1.165, 1.54) is 0 Å². The minimum absolute atomic E-state index is 0.614. The molecule has 0 fully saturated rings. The fourth-order valence-corrected chi connectivity index (χ4v) is 2.52. The van der Waals surface area contributed by atoms with Gasteiger partial charge in [0.2, 0.25) is 0 Å². The van der Waals surface area contributed by atoms with Crippen molar-refractivity contribution >= 4 is 5.96 Å². The molecule has 2 aromatic rings. The topological polar surface area (TPSA) is 84.4 Å². The molecule has 3 rings (SSSR count). The molecule has 0 radical (unpaired) electrons. The lowest BCUT2D eigenvalue weighted by Gasteiger charge is -2.20. The quantitative estimate of drug-likeness (QED) is 0.648. The average molecular weight is 289 g/mol. The number of hydrogen-bond donors (Lipinski definition) is 1. The highest BCUT2D eigenvalue weighted by Gasteiger charge is 2.17. The number of aliphatic imine (C=N–C) groups is 1. The molecule has 8 nitrogen and oxygen atoms in total. The first kappa shape index (κ1) is 13.6. The predicted octanol–water partition coefficient (Wildman–Crippen LogP) is 0.420. The minimum atomic E-state index is 0.614. The first-order chi connectivity index (χ1) is 10.3. The predicted molar refractivity (Wildman–Crippen MR) is 76.5 cm³/mol. The van der Waals surface area contributed by atoms with E-state index in [-0.39, 0.29) is 0 Å². The van der Waals surface area contributed by atoms with E-state index >= 15 is 0 Å². The number of fused-ring (bicyclic) bond motifs is 1. The second-order valence-corrected chi connectivity index (χ2v) is 5.04. The maximum Gasteiger partial charge on any atom is 0.194 e. The summed E-state index contributed by atoms with van der Waals surface area (Å²) in [6.07, 6.45) is 3.74. The first-order valence-electron chi connectivity index (χ1n) is 7.00. The Labute approximate surface area is 122 Å². The molecule has 0 aliphatic carbocycles. The molecule has 1 aliphatic heterocycles. The van der Waals surface area contributed by atoms with Gasteiger partial charge in [-0.25, -0.2) is 0 Å². The molecule has 0 unspecified atom stereocenters. The van der Waals surface area contributed by atoms with E-state index in [2.05, 4.69) is 30.2 Å². The number of guanidine groups is 1. The van der Waals surface area contributed by atoms with Crippen LogP contribution in [0, 0.1) is 0 Å². The third kappa shape index (κ3) is 2.88. The molecule has 8 heteroatoms. The fourth-order valence-electron chi connectivity index (χ4n) is 2.52. The van der Waals surface area contributed by atoms with Crippen molar-refractivity contribution in [2.75, 3.05) is 14.1 Å². The van der Waals surface area contributed by atoms with Gasteiger partial charge in [0.1, 0.15) is 17.8 Å². The van der Waals surface area contributed by atoms with Crippen molar-refractivity contribution in [2.24, 2.45) is 4.99 Å². The van der Waals surface area contributed by atoms with E-state index in [1.807, 2.05) is 18.0 Å². The van der Waals surface area contributed by atoms with Crippen LogP contribution in [-0.2, 0) is 26.1 Å². The molecule has 21 heavy (non-hydrogen) atoms. The van der Waals surface area contributed by atoms with Crippen molar-refractivity contribution in [1.29, 1.82) is 0 Å². The lowest BCUT2D eigenvalue weighted by Crippen LogP contribution is -2.38. The van der Waals surface area contributed by atoms with E-state index in [4.69, 9.17) is 4.52 Å². The van der Waals surface area contributed by atoms with Gasteiger partial charge in [-0.05, 0) is 6.42 Å². The zero-order chi connectivity index (χ0) is 14.7. The van der Waals surface area contributed by atoms with Crippen LogP contribution in [-0.4, -0.2) is 44.9 Å². The number of hydrogen-bond acceptors (Lipinski definition) is 5. The van der Waals surface area contributed by atoms with E-state index in [1.54, 1.807) is 13.3 Å². The standard InChI is InChI=1S/C13H19N7O/c1-14-13(19(2)9-10-5-7-21-18-10)15-8-12-17-16-11-4-3-6-20(11)12/h5,7H,3-4,6,8-9H2,1-2H3,(H,14,15). The maximum absolute atomic E-state index is 4.84. The van der Waals surface area contributed by atoms with Crippen molar-refractivity contribution in [1.82, 2.24) is 30.1 Å². The fraction of sp³-hybridized carbons (Fsp3) is 0.538. The van der Waals surface area contributed by atoms with Gasteiger partial charge in [0, 0.05) is 33.1 Å². The van der Waals surface area contributed by atoms with Gasteiger partial charge in [-0.1, -0.05) is 5.16 Å². The highest BCUT2D eigenvalue weighted by Crippen LogP contribution is 2.13. The molecule has 1 N–H and O–H groups in total. The summed E-state index contributed by atoms with van der Waals surface area (Å²) < 4.78 is 7.02. The zero-order valence-electron chi connectivity index (χ0n) is 12.3. The molecule has 0 atom stereocenters. The molecule has 2 aromatic heterocycles. The highest BCUT2D eigenvalue weighted by molar-refractivity contribution is 5.79. The third-order valence-corrected chi connectivity index (χ3v) is 3.55. The number of aromatic nitrogens is 4. The Bertz CT molecular complexity index is 617. The van der Waals surface area contributed by atoms with Gasteiger partial charge in [0.05, 0.1) is 13.1 Å². The van der Waals surface area contributed by atoms with Gasteiger partial charge >= 0.3 is 0 Å². The van der Waals surface area contributed by atoms with Crippen LogP contribution in [0.15, 0.2) is 21.8 Å². The van der Waals surface area contributed by atoms with Crippen LogP contribution in [0.4, 0.5) is 0 Å². The summed E-state index contributed by atoms with van der Waals surface area (Å²) in [7, 11) is 3.72. The van der Waals surface area contributed by atoms with E-state index in [0.717, 1.165) is 42.7 Å². The Hall–Kier alpha value is -2.38. The molecule has 112 valence electrons. The minimum Gasteiger partial charge on any atom is -0.364 e. The Morgan fingerprint density at radius 1 is 1.52 bits per heavy atom. The second kappa shape index (κ2) is 5.94. The second-order valence-electron chi connectivity index (χ2n) is 5.04. The highest BCUT2D eigenvalue weighted by atomic mass is 16.5. The molecule has 0 aromatic carbocycles. The molecule has 1 aliphatic rings. The van der Waals surface area contributed by atoms with Crippen LogP contribution in [0.1, 0.15) is 23.8 Å². The van der Waals surface area contributed by atoms with Crippen molar-refractivity contribution in [3.8, 4) is 0 Å². The monoisotopic (exact) mass is 289 g/mol. The van der Waals surface area contributed by atoms with Crippen LogP contribution >= 0.6 is 0 Å². The molecule has 3 heterocycles. The summed E-state index contributed by atoms with van der Waals surface area (Å²) in [5.74, 6) is 2.82. The number of nitrogens with one attached hydrogen (secondary N) is 1. The summed E-state index contributed by atoms with van der Waals surface area (Å²) in [6, 6.07) is 1.84. The molecule has 0 saturated heterocycles. The number of aryl methyl sites for hydroxylation is 1. The molecular weight excluding hydrogens is 270 g/mol. The molecular formula is C13H19N7O. The van der Waals surface area contributed by atoms with Crippen LogP contribution in [0.5, 0.6) is 0 Å². The third-order valence-electron chi connectivity index (χ3n) is 3.55. The smallest absolute Gasteiger partial charge is 0.194 e. The number of nitrogens with zero attached hydrogens (tertiary/aromatic N) is 6. The van der Waals surface area contributed by atoms with E-state index in [0.29, 0.717) is 13.1 Å². The summed E-state index contributed by atoms with van der Waals surface area (Å²) in [5, 5.41) is 15.6. The van der Waals surface area contributed by atoms with Crippen molar-refractivity contribution < 1.29 is 4.52 Å². The van der Waals surface area contributed by atoms with E-state index in [9.17, 15) is 0 Å². The molecule has 0 amide bonds. The van der Waals surface area contributed by atoms with Crippen molar-refractivity contribution in [3.63, 3.8) is 0 Å². The molecule has 0 bridgehead atoms. The van der Waals surface area contributed by atoms with E-state index < -0.39 is 0 Å². The Morgan fingerprint density at radius 3 is 3.19 bits per heavy atom. The Kier molecular flexibility index (Phi) is 3.85. The zero-order valence-corrected chi connectivity index (χ0v) is 12.3. The van der Waals surface area contributed by atoms with Crippen LogP contribution < -0.4 is 5.32 Å². The first-order valence-corrected chi connectivity index (χ1v) is 7.00. The van der Waals surface area contributed by atoms with Gasteiger partial charge in [-0.3, -0.25) is 4.99 Å². The largest absolute Gasteiger partial charge is 0.364 e. The average Bonchev–Trinajstić information content (AvgIpc) is 3.17. The normalized spacial score (nSPS) is 14.3. The summed E-state index contributed by atoms with van der Waals surface area (Å²) in [6.45, 7) is 2.25. The lowest BCUT2D eigenvalue weighted by atomic mass is 10.4. The summed E-state index contributed by atoms with van der Waals surface area (Å²) in [4.78, 5) is 6.26. The van der Waals surface area contributed by atoms with Gasteiger partial charge in [-0.2, -0.15) is 0 Å². The lowest BCUT2D eigenvalue weighted by molar-refractivity contribution is 0.391. The van der Waals surface area contributed by atoms with Crippen LogP contribution in [0.25, 0.3) is 0 Å². The Morgan fingerprint density at radius 2 is 2.43 bits per heavy atom. The Balaban J connectivity index is 1.59. The molecule has 0 spiro atoms. The summed E-state index contributed by atoms with van der Waals surface area (Å²) in [5.41, 5.74) is 0.865. The summed E-state index contributed by atoms with van der Waals surface area (Å²) >= 11 is 0. The number of rotatable bonds is 4. The van der Waals surface area contributed by atoms with Crippen molar-refractivity contribution in [3.05, 3.63) is 29.7 Å². The van der Waals surface area contributed by atoms with Crippen LogP contribution in [0.3, 0.4) is 0 Å². The van der Waals surface area contributed by atoms with Gasteiger partial charge < -0.3 is 19.3 Å².